The molecule has 140 valence electrons. The molecule has 1 atom stereocenters. The van der Waals surface area contributed by atoms with Crippen molar-refractivity contribution in [3.63, 3.8) is 0 Å². The van der Waals surface area contributed by atoms with Crippen LogP contribution in [0, 0.1) is 6.92 Å². The van der Waals surface area contributed by atoms with Gasteiger partial charge in [-0.05, 0) is 29.7 Å². The molecular formula is C24H23N3O. The second-order valence-corrected chi connectivity index (χ2v) is 7.00. The third kappa shape index (κ3) is 3.81. The molecule has 0 fully saturated rings. The Morgan fingerprint density at radius 2 is 1.71 bits per heavy atom. The summed E-state index contributed by atoms with van der Waals surface area (Å²) in [6.45, 7) is 2.59. The van der Waals surface area contributed by atoms with E-state index in [0.717, 1.165) is 28.0 Å². The van der Waals surface area contributed by atoms with Crippen LogP contribution in [0.3, 0.4) is 0 Å². The third-order valence-electron chi connectivity index (χ3n) is 5.04. The lowest BCUT2D eigenvalue weighted by molar-refractivity contribution is -0.121. The van der Waals surface area contributed by atoms with Crippen LogP contribution < -0.4 is 5.32 Å². The normalized spacial score (nSPS) is 12.0. The third-order valence-corrected chi connectivity index (χ3v) is 5.04. The molecule has 2 heterocycles. The van der Waals surface area contributed by atoms with Gasteiger partial charge in [-0.25, -0.2) is 4.98 Å². The fraction of sp³-hybridized carbons (Fsp3) is 0.167. The molecule has 0 saturated carbocycles. The topological polar surface area (TPSA) is 46.4 Å². The number of hydrogen-bond acceptors (Lipinski definition) is 2. The van der Waals surface area contributed by atoms with Crippen molar-refractivity contribution < 1.29 is 4.79 Å². The van der Waals surface area contributed by atoms with Gasteiger partial charge in [0.15, 0.2) is 0 Å². The molecule has 4 rings (SSSR count). The minimum Gasteiger partial charge on any atom is -0.352 e. The summed E-state index contributed by atoms with van der Waals surface area (Å²) >= 11 is 0. The first-order valence-electron chi connectivity index (χ1n) is 9.50. The molecule has 28 heavy (non-hydrogen) atoms. The van der Waals surface area contributed by atoms with Gasteiger partial charge in [0, 0.05) is 31.3 Å². The summed E-state index contributed by atoms with van der Waals surface area (Å²) < 4.78 is 2.09. The Morgan fingerprint density at radius 1 is 1.00 bits per heavy atom. The van der Waals surface area contributed by atoms with Crippen LogP contribution in [0.15, 0.2) is 85.2 Å². The Morgan fingerprint density at radius 3 is 2.46 bits per heavy atom. The minimum atomic E-state index is -0.0613. The SMILES string of the molecule is Cc1cccn2c(C(CC(=O)NCc3ccccc3)c3ccccc3)cnc12. The number of pyridine rings is 1. The molecule has 4 nitrogen and oxygen atoms in total. The van der Waals surface area contributed by atoms with Gasteiger partial charge in [-0.3, -0.25) is 4.79 Å². The molecule has 0 radical (unpaired) electrons. The van der Waals surface area contributed by atoms with Gasteiger partial charge in [-0.1, -0.05) is 66.7 Å². The van der Waals surface area contributed by atoms with Crippen molar-refractivity contribution >= 4 is 11.6 Å². The van der Waals surface area contributed by atoms with Crippen LogP contribution >= 0.6 is 0 Å². The number of benzene rings is 2. The highest BCUT2D eigenvalue weighted by Crippen LogP contribution is 2.29. The Kier molecular flexibility index (Phi) is 5.20. The van der Waals surface area contributed by atoms with Crippen molar-refractivity contribution in [2.75, 3.05) is 0 Å². The quantitative estimate of drug-likeness (QED) is 0.545. The molecular weight excluding hydrogens is 346 g/mol. The van der Waals surface area contributed by atoms with E-state index < -0.39 is 0 Å². The summed E-state index contributed by atoms with van der Waals surface area (Å²) in [4.78, 5) is 17.4. The van der Waals surface area contributed by atoms with Crippen LogP contribution in [0.25, 0.3) is 5.65 Å². The predicted octanol–water partition coefficient (Wildman–Crippen LogP) is 4.48. The van der Waals surface area contributed by atoms with Crippen molar-refractivity contribution in [1.29, 1.82) is 0 Å². The molecule has 1 unspecified atom stereocenters. The molecule has 4 heteroatoms. The van der Waals surface area contributed by atoms with Crippen LogP contribution in [0.4, 0.5) is 0 Å². The molecule has 0 spiro atoms. The highest BCUT2D eigenvalue weighted by atomic mass is 16.1. The maximum atomic E-state index is 12.8. The lowest BCUT2D eigenvalue weighted by atomic mass is 9.92. The zero-order valence-electron chi connectivity index (χ0n) is 15.9. The summed E-state index contributed by atoms with van der Waals surface area (Å²) in [6.07, 6.45) is 4.28. The van der Waals surface area contributed by atoms with Crippen LogP contribution in [0.1, 0.15) is 34.7 Å². The first-order chi connectivity index (χ1) is 13.7. The number of carbonyl (C=O) groups is 1. The van der Waals surface area contributed by atoms with Gasteiger partial charge >= 0.3 is 0 Å². The second-order valence-electron chi connectivity index (χ2n) is 7.00. The zero-order valence-corrected chi connectivity index (χ0v) is 15.9. The van der Waals surface area contributed by atoms with E-state index in [4.69, 9.17) is 0 Å². The fourth-order valence-corrected chi connectivity index (χ4v) is 3.56. The van der Waals surface area contributed by atoms with Gasteiger partial charge < -0.3 is 9.72 Å². The van der Waals surface area contributed by atoms with Crippen molar-refractivity contribution in [3.8, 4) is 0 Å². The predicted molar refractivity (Wildman–Crippen MR) is 111 cm³/mol. The van der Waals surface area contributed by atoms with Gasteiger partial charge in [0.25, 0.3) is 0 Å². The zero-order chi connectivity index (χ0) is 19.3. The summed E-state index contributed by atoms with van der Waals surface area (Å²) in [6, 6.07) is 24.2. The molecule has 1 N–H and O–H groups in total. The number of aromatic nitrogens is 2. The summed E-state index contributed by atoms with van der Waals surface area (Å²) in [5.74, 6) is -0.0333. The largest absolute Gasteiger partial charge is 0.352 e. The molecule has 4 aromatic rings. The number of amides is 1. The van der Waals surface area contributed by atoms with E-state index in [9.17, 15) is 4.79 Å². The first-order valence-corrected chi connectivity index (χ1v) is 9.50. The van der Waals surface area contributed by atoms with Gasteiger partial charge in [0.2, 0.25) is 5.91 Å². The minimum absolute atomic E-state index is 0.0281. The number of imidazole rings is 1. The van der Waals surface area contributed by atoms with E-state index in [-0.39, 0.29) is 11.8 Å². The second kappa shape index (κ2) is 8.09. The van der Waals surface area contributed by atoms with Crippen LogP contribution in [0.2, 0.25) is 0 Å². The maximum Gasteiger partial charge on any atom is 0.221 e. The molecule has 2 aromatic heterocycles. The van der Waals surface area contributed by atoms with Crippen LogP contribution in [-0.4, -0.2) is 15.3 Å². The smallest absolute Gasteiger partial charge is 0.221 e. The number of fused-ring (bicyclic) bond motifs is 1. The monoisotopic (exact) mass is 369 g/mol. The first kappa shape index (κ1) is 18.0. The Bertz CT molecular complexity index is 1070. The number of nitrogens with one attached hydrogen (secondary N) is 1. The van der Waals surface area contributed by atoms with Gasteiger partial charge in [0.1, 0.15) is 5.65 Å². The van der Waals surface area contributed by atoms with Gasteiger partial charge in [-0.15, -0.1) is 0 Å². The van der Waals surface area contributed by atoms with E-state index >= 15 is 0 Å². The van der Waals surface area contributed by atoms with E-state index in [1.165, 1.54) is 0 Å². The molecule has 1 amide bonds. The maximum absolute atomic E-state index is 12.8. The molecule has 0 aliphatic rings. The van der Waals surface area contributed by atoms with E-state index in [1.807, 2.05) is 67.0 Å². The number of carbonyl (C=O) groups excluding carboxylic acids is 1. The summed E-state index contributed by atoms with van der Waals surface area (Å²) in [5, 5.41) is 3.05. The highest BCUT2D eigenvalue weighted by Gasteiger charge is 2.22. The Hall–Kier alpha value is -3.40. The average Bonchev–Trinajstić information content (AvgIpc) is 3.17. The summed E-state index contributed by atoms with van der Waals surface area (Å²) in [5.41, 5.74) is 5.29. The van der Waals surface area contributed by atoms with Crippen LogP contribution in [0.5, 0.6) is 0 Å². The summed E-state index contributed by atoms with van der Waals surface area (Å²) in [7, 11) is 0. The Balaban J connectivity index is 1.61. The molecule has 0 aliphatic heterocycles. The number of nitrogens with zero attached hydrogens (tertiary/aromatic N) is 2. The lowest BCUT2D eigenvalue weighted by Crippen LogP contribution is -2.25. The van der Waals surface area contributed by atoms with Gasteiger partial charge in [0.05, 0.1) is 5.69 Å². The van der Waals surface area contributed by atoms with E-state index in [0.29, 0.717) is 13.0 Å². The van der Waals surface area contributed by atoms with Crippen molar-refractivity contribution in [1.82, 2.24) is 14.7 Å². The van der Waals surface area contributed by atoms with Crippen molar-refractivity contribution in [2.45, 2.75) is 25.8 Å². The number of hydrogen-bond donors (Lipinski definition) is 1. The van der Waals surface area contributed by atoms with Crippen LogP contribution in [-0.2, 0) is 11.3 Å². The Labute approximate surface area is 164 Å². The molecule has 2 aromatic carbocycles. The highest BCUT2D eigenvalue weighted by molar-refractivity contribution is 5.77. The van der Waals surface area contributed by atoms with E-state index in [1.54, 1.807) is 0 Å². The number of rotatable bonds is 6. The number of aryl methyl sites for hydroxylation is 1. The standard InChI is InChI=1S/C24H23N3O/c1-18-9-8-14-27-22(17-26-24(18)27)21(20-12-6-3-7-13-20)15-23(28)25-16-19-10-4-2-5-11-19/h2-14,17,21H,15-16H2,1H3,(H,25,28). The lowest BCUT2D eigenvalue weighted by Gasteiger charge is -2.17. The fourth-order valence-electron chi connectivity index (χ4n) is 3.56. The van der Waals surface area contributed by atoms with Crippen molar-refractivity contribution in [2.24, 2.45) is 0 Å². The van der Waals surface area contributed by atoms with Crippen molar-refractivity contribution in [3.05, 3.63) is 108 Å². The molecule has 0 saturated heterocycles. The average molecular weight is 369 g/mol. The van der Waals surface area contributed by atoms with E-state index in [2.05, 4.69) is 39.8 Å². The molecule has 0 bridgehead atoms. The molecule has 0 aliphatic carbocycles. The van der Waals surface area contributed by atoms with Gasteiger partial charge in [-0.2, -0.15) is 0 Å².